The number of ether oxygens (including phenoxy) is 1. The zero-order chi connectivity index (χ0) is 22.0. The Balaban J connectivity index is 1.71. The van der Waals surface area contributed by atoms with Crippen molar-refractivity contribution in [2.24, 2.45) is 0 Å². The minimum absolute atomic E-state index is 0.0173. The third-order valence-electron chi connectivity index (χ3n) is 3.89. The Morgan fingerprint density at radius 1 is 1.10 bits per heavy atom. The summed E-state index contributed by atoms with van der Waals surface area (Å²) in [6, 6.07) is 8.19. The number of esters is 1. The quantitative estimate of drug-likeness (QED) is 0.463. The molecule has 30 heavy (non-hydrogen) atoms. The van der Waals surface area contributed by atoms with Crippen molar-refractivity contribution in [3.05, 3.63) is 73.7 Å². The number of nitrogens with zero attached hydrogens (tertiary/aromatic N) is 2. The molecule has 3 rings (SSSR count). The van der Waals surface area contributed by atoms with Gasteiger partial charge in [-0.1, -0.05) is 46.4 Å². The molecule has 0 saturated carbocycles. The van der Waals surface area contributed by atoms with Crippen molar-refractivity contribution >= 4 is 64.0 Å². The SMILES string of the molecule is Cc1nn(-c2ccc(F)cc2)c(Cl)c1C(=O)OCC(=O)Nc1c(Cl)cc(Cl)cc1Cl. The lowest BCUT2D eigenvalue weighted by atomic mass is 10.2. The highest BCUT2D eigenvalue weighted by molar-refractivity contribution is 6.42. The van der Waals surface area contributed by atoms with E-state index in [1.807, 2.05) is 0 Å². The van der Waals surface area contributed by atoms with E-state index in [1.54, 1.807) is 6.92 Å². The predicted molar refractivity (Wildman–Crippen MR) is 114 cm³/mol. The number of carbonyl (C=O) groups is 2. The highest BCUT2D eigenvalue weighted by Gasteiger charge is 2.23. The van der Waals surface area contributed by atoms with E-state index in [0.29, 0.717) is 10.7 Å². The fourth-order valence-electron chi connectivity index (χ4n) is 2.52. The van der Waals surface area contributed by atoms with Crippen molar-refractivity contribution in [3.8, 4) is 5.69 Å². The Labute approximate surface area is 190 Å². The number of aryl methyl sites for hydroxylation is 1. The topological polar surface area (TPSA) is 73.2 Å². The highest BCUT2D eigenvalue weighted by atomic mass is 35.5. The second-order valence-electron chi connectivity index (χ2n) is 6.01. The summed E-state index contributed by atoms with van der Waals surface area (Å²) in [6.45, 7) is 0.932. The Morgan fingerprint density at radius 3 is 2.30 bits per heavy atom. The molecule has 0 spiro atoms. The van der Waals surface area contributed by atoms with Gasteiger partial charge in [-0.05, 0) is 43.3 Å². The van der Waals surface area contributed by atoms with Crippen LogP contribution in [0.4, 0.5) is 10.1 Å². The molecule has 0 fully saturated rings. The van der Waals surface area contributed by atoms with Crippen LogP contribution in [0.1, 0.15) is 16.1 Å². The molecular formula is C19H12Cl4FN3O3. The smallest absolute Gasteiger partial charge is 0.343 e. The van der Waals surface area contributed by atoms with Gasteiger partial charge in [-0.25, -0.2) is 13.9 Å². The summed E-state index contributed by atoms with van der Waals surface area (Å²) in [7, 11) is 0. The van der Waals surface area contributed by atoms with Crippen LogP contribution in [0.5, 0.6) is 0 Å². The normalized spacial score (nSPS) is 10.7. The van der Waals surface area contributed by atoms with E-state index in [2.05, 4.69) is 10.4 Å². The first-order valence-corrected chi connectivity index (χ1v) is 9.81. The molecule has 1 heterocycles. The van der Waals surface area contributed by atoms with Crippen molar-refractivity contribution in [1.29, 1.82) is 0 Å². The Bertz CT molecular complexity index is 1110. The van der Waals surface area contributed by atoms with Gasteiger partial charge in [0.1, 0.15) is 16.5 Å². The third-order valence-corrected chi connectivity index (χ3v) is 5.05. The Kier molecular flexibility index (Phi) is 6.88. The predicted octanol–water partition coefficient (Wildman–Crippen LogP) is 5.73. The number of halogens is 5. The lowest BCUT2D eigenvalue weighted by Gasteiger charge is -2.10. The van der Waals surface area contributed by atoms with Crippen molar-refractivity contribution in [2.75, 3.05) is 11.9 Å². The molecule has 0 atom stereocenters. The highest BCUT2D eigenvalue weighted by Crippen LogP contribution is 2.33. The number of hydrogen-bond donors (Lipinski definition) is 1. The Morgan fingerprint density at radius 2 is 1.70 bits per heavy atom. The maximum Gasteiger partial charge on any atom is 0.343 e. The third kappa shape index (κ3) is 4.87. The first-order valence-electron chi connectivity index (χ1n) is 8.30. The second kappa shape index (κ2) is 9.22. The van der Waals surface area contributed by atoms with E-state index in [-0.39, 0.29) is 32.1 Å². The second-order valence-corrected chi connectivity index (χ2v) is 7.62. The Hall–Kier alpha value is -2.32. The van der Waals surface area contributed by atoms with Crippen molar-refractivity contribution < 1.29 is 18.7 Å². The fraction of sp³-hybridized carbons (Fsp3) is 0.105. The van der Waals surface area contributed by atoms with Crippen LogP contribution in [0.2, 0.25) is 20.2 Å². The number of benzene rings is 2. The van der Waals surface area contributed by atoms with Crippen LogP contribution in [0, 0.1) is 12.7 Å². The summed E-state index contributed by atoms with van der Waals surface area (Å²) in [6.07, 6.45) is 0. The molecule has 0 radical (unpaired) electrons. The van der Waals surface area contributed by atoms with Gasteiger partial charge in [0.25, 0.3) is 5.91 Å². The first-order chi connectivity index (χ1) is 14.2. The average molecular weight is 491 g/mol. The standard InChI is InChI=1S/C19H12Cl4FN3O3/c1-9-16(18(23)27(26-9)12-4-2-11(24)3-5-12)19(29)30-8-15(28)25-17-13(21)6-10(20)7-14(17)22/h2-7H,8H2,1H3,(H,25,28). The lowest BCUT2D eigenvalue weighted by molar-refractivity contribution is -0.119. The molecule has 0 aliphatic heterocycles. The summed E-state index contributed by atoms with van der Waals surface area (Å²) in [4.78, 5) is 24.6. The summed E-state index contributed by atoms with van der Waals surface area (Å²) in [5, 5.41) is 7.15. The van der Waals surface area contributed by atoms with E-state index in [4.69, 9.17) is 51.1 Å². The minimum Gasteiger partial charge on any atom is -0.452 e. The van der Waals surface area contributed by atoms with Crippen molar-refractivity contribution in [1.82, 2.24) is 9.78 Å². The number of nitrogens with one attached hydrogen (secondary N) is 1. The summed E-state index contributed by atoms with van der Waals surface area (Å²) in [5.41, 5.74) is 0.852. The van der Waals surface area contributed by atoms with Gasteiger partial charge in [-0.15, -0.1) is 0 Å². The van der Waals surface area contributed by atoms with E-state index in [9.17, 15) is 14.0 Å². The van der Waals surface area contributed by atoms with Gasteiger partial charge in [0, 0.05) is 5.02 Å². The first kappa shape index (κ1) is 22.4. The molecule has 1 N–H and O–H groups in total. The molecule has 0 bridgehead atoms. The van der Waals surface area contributed by atoms with E-state index in [1.165, 1.54) is 41.1 Å². The molecular weight excluding hydrogens is 479 g/mol. The molecule has 1 aromatic heterocycles. The molecule has 156 valence electrons. The van der Waals surface area contributed by atoms with Crippen LogP contribution in [0.3, 0.4) is 0 Å². The van der Waals surface area contributed by atoms with Gasteiger partial charge in [0.2, 0.25) is 0 Å². The largest absolute Gasteiger partial charge is 0.452 e. The summed E-state index contributed by atoms with van der Waals surface area (Å²) < 4.78 is 19.4. The molecule has 2 aromatic carbocycles. The zero-order valence-electron chi connectivity index (χ0n) is 15.2. The fourth-order valence-corrected chi connectivity index (χ4v) is 3.79. The molecule has 0 saturated heterocycles. The van der Waals surface area contributed by atoms with Crippen molar-refractivity contribution in [2.45, 2.75) is 6.92 Å². The van der Waals surface area contributed by atoms with E-state index >= 15 is 0 Å². The number of carbonyl (C=O) groups excluding carboxylic acids is 2. The van der Waals surface area contributed by atoms with E-state index < -0.39 is 24.3 Å². The van der Waals surface area contributed by atoms with Crippen LogP contribution >= 0.6 is 46.4 Å². The monoisotopic (exact) mass is 489 g/mol. The number of hydrogen-bond acceptors (Lipinski definition) is 4. The minimum atomic E-state index is -0.852. The summed E-state index contributed by atoms with van der Waals surface area (Å²) in [5.74, 6) is -1.95. The molecule has 1 amide bonds. The van der Waals surface area contributed by atoms with Gasteiger partial charge >= 0.3 is 5.97 Å². The van der Waals surface area contributed by atoms with Crippen LogP contribution in [0.25, 0.3) is 5.69 Å². The number of rotatable bonds is 5. The number of aromatic nitrogens is 2. The van der Waals surface area contributed by atoms with E-state index in [0.717, 1.165) is 0 Å². The van der Waals surface area contributed by atoms with Gasteiger partial charge in [-0.2, -0.15) is 5.10 Å². The van der Waals surface area contributed by atoms with Crippen LogP contribution in [-0.2, 0) is 9.53 Å². The van der Waals surface area contributed by atoms with Crippen LogP contribution in [-0.4, -0.2) is 28.3 Å². The van der Waals surface area contributed by atoms with Gasteiger partial charge in [-0.3, -0.25) is 4.79 Å². The van der Waals surface area contributed by atoms with Crippen LogP contribution in [0.15, 0.2) is 36.4 Å². The maximum atomic E-state index is 13.1. The molecule has 0 aliphatic carbocycles. The van der Waals surface area contributed by atoms with Crippen molar-refractivity contribution in [3.63, 3.8) is 0 Å². The van der Waals surface area contributed by atoms with Crippen LogP contribution < -0.4 is 5.32 Å². The molecule has 3 aromatic rings. The average Bonchev–Trinajstić information content (AvgIpc) is 2.97. The van der Waals surface area contributed by atoms with Gasteiger partial charge < -0.3 is 10.1 Å². The molecule has 6 nitrogen and oxygen atoms in total. The molecule has 11 heteroatoms. The molecule has 0 unspecified atom stereocenters. The lowest BCUT2D eigenvalue weighted by Crippen LogP contribution is -2.21. The zero-order valence-corrected chi connectivity index (χ0v) is 18.2. The molecule has 0 aliphatic rings. The van der Waals surface area contributed by atoms with Gasteiger partial charge in [0.05, 0.1) is 27.1 Å². The number of anilines is 1. The van der Waals surface area contributed by atoms with Gasteiger partial charge in [0.15, 0.2) is 6.61 Å². The summed E-state index contributed by atoms with van der Waals surface area (Å²) >= 11 is 24.1. The maximum absolute atomic E-state index is 13.1. The number of amides is 1.